The average molecular weight is 213 g/mol. The van der Waals surface area contributed by atoms with E-state index in [2.05, 4.69) is 25.9 Å². The van der Waals surface area contributed by atoms with Crippen molar-refractivity contribution in [2.45, 2.75) is 0 Å². The summed E-state index contributed by atoms with van der Waals surface area (Å²) < 4.78 is 0.681. The minimum Gasteiger partial charge on any atom is -0.299 e. The Morgan fingerprint density at radius 2 is 2.18 bits per heavy atom. The lowest BCUT2D eigenvalue weighted by Gasteiger charge is -1.89. The summed E-state index contributed by atoms with van der Waals surface area (Å²) >= 11 is 3.15. The number of rotatable bonds is 2. The first-order chi connectivity index (χ1) is 5.33. The van der Waals surface area contributed by atoms with Crippen molar-refractivity contribution in [3.8, 4) is 0 Å². The number of hydrogen-bond acceptors (Lipinski definition) is 3. The molecule has 0 amide bonds. The van der Waals surface area contributed by atoms with Gasteiger partial charge in [0.25, 0.3) is 0 Å². The number of aldehydes is 1. The van der Waals surface area contributed by atoms with Crippen molar-refractivity contribution in [2.75, 3.05) is 0 Å². The van der Waals surface area contributed by atoms with Crippen LogP contribution in [0.2, 0.25) is 0 Å². The van der Waals surface area contributed by atoms with E-state index in [1.807, 2.05) is 0 Å². The van der Waals surface area contributed by atoms with E-state index in [1.54, 1.807) is 18.5 Å². The highest BCUT2D eigenvalue weighted by molar-refractivity contribution is 9.10. The zero-order chi connectivity index (χ0) is 8.10. The maximum Gasteiger partial charge on any atom is 0.142 e. The number of carbonyl (C=O) groups excluding carboxylic acids is 1. The van der Waals surface area contributed by atoms with Crippen molar-refractivity contribution in [3.05, 3.63) is 28.8 Å². The Morgan fingerprint density at radius 1 is 1.36 bits per heavy atom. The van der Waals surface area contributed by atoms with E-state index in [1.165, 1.54) is 6.08 Å². The summed E-state index contributed by atoms with van der Waals surface area (Å²) in [5, 5.41) is 0. The van der Waals surface area contributed by atoms with Gasteiger partial charge in [-0.25, -0.2) is 4.98 Å². The molecule has 1 aromatic rings. The molecule has 0 radical (unpaired) electrons. The van der Waals surface area contributed by atoms with Crippen molar-refractivity contribution in [2.24, 2.45) is 0 Å². The van der Waals surface area contributed by atoms with Crippen molar-refractivity contribution in [3.63, 3.8) is 0 Å². The Balaban J connectivity index is 2.81. The van der Waals surface area contributed by atoms with Crippen LogP contribution in [0.5, 0.6) is 0 Å². The van der Waals surface area contributed by atoms with Gasteiger partial charge in [-0.2, -0.15) is 0 Å². The largest absolute Gasteiger partial charge is 0.299 e. The number of aromatic nitrogens is 2. The normalized spacial score (nSPS) is 10.3. The minimum atomic E-state index is 0.667. The highest BCUT2D eigenvalue weighted by Gasteiger charge is 1.88. The lowest BCUT2D eigenvalue weighted by Crippen LogP contribution is -1.82. The molecule has 11 heavy (non-hydrogen) atoms. The zero-order valence-corrected chi connectivity index (χ0v) is 7.15. The number of carbonyl (C=O) groups is 1. The van der Waals surface area contributed by atoms with Gasteiger partial charge in [0.1, 0.15) is 10.9 Å². The van der Waals surface area contributed by atoms with Crippen LogP contribution in [0.15, 0.2) is 23.1 Å². The van der Waals surface area contributed by atoms with Crippen LogP contribution in [0.25, 0.3) is 6.08 Å². The summed E-state index contributed by atoms with van der Waals surface area (Å²) in [5.41, 5.74) is 0.667. The van der Waals surface area contributed by atoms with Crippen molar-refractivity contribution in [1.82, 2.24) is 9.97 Å². The Labute approximate surface area is 72.3 Å². The highest BCUT2D eigenvalue weighted by atomic mass is 79.9. The second-order valence-electron chi connectivity index (χ2n) is 1.76. The Kier molecular flexibility index (Phi) is 2.92. The molecule has 4 heteroatoms. The van der Waals surface area contributed by atoms with E-state index in [0.29, 0.717) is 16.6 Å². The summed E-state index contributed by atoms with van der Waals surface area (Å²) in [4.78, 5) is 17.8. The topological polar surface area (TPSA) is 42.9 Å². The summed E-state index contributed by atoms with van der Waals surface area (Å²) in [5.74, 6) is 0. The molecule has 0 aromatic carbocycles. The predicted octanol–water partition coefficient (Wildman–Crippen LogP) is 1.45. The molecule has 0 bridgehead atoms. The number of allylic oxidation sites excluding steroid dienone is 1. The fourth-order valence-electron chi connectivity index (χ4n) is 0.546. The summed E-state index contributed by atoms with van der Waals surface area (Å²) in [6, 6.07) is 0. The van der Waals surface area contributed by atoms with E-state index >= 15 is 0 Å². The highest BCUT2D eigenvalue weighted by Crippen LogP contribution is 2.03. The van der Waals surface area contributed by atoms with E-state index in [4.69, 9.17) is 0 Å². The molecule has 0 aliphatic heterocycles. The molecule has 0 N–H and O–H groups in total. The lowest BCUT2D eigenvalue weighted by atomic mass is 10.4. The molecule has 1 rings (SSSR count). The van der Waals surface area contributed by atoms with Gasteiger partial charge in [0.15, 0.2) is 0 Å². The molecule has 0 atom stereocenters. The first-order valence-electron chi connectivity index (χ1n) is 2.92. The quantitative estimate of drug-likeness (QED) is 0.551. The van der Waals surface area contributed by atoms with Crippen LogP contribution in [0.1, 0.15) is 5.69 Å². The monoisotopic (exact) mass is 212 g/mol. The second kappa shape index (κ2) is 3.98. The lowest BCUT2D eigenvalue weighted by molar-refractivity contribution is -0.104. The van der Waals surface area contributed by atoms with Crippen molar-refractivity contribution in [1.29, 1.82) is 0 Å². The van der Waals surface area contributed by atoms with Crippen LogP contribution in [0.3, 0.4) is 0 Å². The molecule has 56 valence electrons. The van der Waals surface area contributed by atoms with Gasteiger partial charge in [0.05, 0.1) is 18.1 Å². The number of hydrogen-bond donors (Lipinski definition) is 0. The molecule has 0 saturated heterocycles. The Morgan fingerprint density at radius 3 is 2.73 bits per heavy atom. The molecule has 1 heterocycles. The molecule has 0 saturated carbocycles. The summed E-state index contributed by atoms with van der Waals surface area (Å²) in [7, 11) is 0. The fraction of sp³-hybridized carbons (Fsp3) is 0. The summed E-state index contributed by atoms with van der Waals surface area (Å²) in [6.07, 6.45) is 6.81. The van der Waals surface area contributed by atoms with Crippen molar-refractivity contribution < 1.29 is 4.79 Å². The maximum atomic E-state index is 9.90. The van der Waals surface area contributed by atoms with Crippen LogP contribution in [-0.2, 0) is 4.79 Å². The molecular weight excluding hydrogens is 208 g/mol. The van der Waals surface area contributed by atoms with Gasteiger partial charge in [-0.1, -0.05) is 0 Å². The van der Waals surface area contributed by atoms with Gasteiger partial charge < -0.3 is 0 Å². The number of halogens is 1. The first kappa shape index (κ1) is 8.07. The first-order valence-corrected chi connectivity index (χ1v) is 3.71. The van der Waals surface area contributed by atoms with Crippen molar-refractivity contribution >= 4 is 28.3 Å². The summed E-state index contributed by atoms with van der Waals surface area (Å²) in [6.45, 7) is 0. The SMILES string of the molecule is O=CC=Cc1cnc(Br)cn1. The van der Waals surface area contributed by atoms with Gasteiger partial charge in [-0.05, 0) is 28.1 Å². The molecule has 0 spiro atoms. The third-order valence-corrected chi connectivity index (χ3v) is 1.40. The van der Waals surface area contributed by atoms with Crippen LogP contribution in [0.4, 0.5) is 0 Å². The molecular formula is C7H5BrN2O. The van der Waals surface area contributed by atoms with Crippen LogP contribution >= 0.6 is 15.9 Å². The molecule has 1 aromatic heterocycles. The van der Waals surface area contributed by atoms with Gasteiger partial charge in [0, 0.05) is 0 Å². The van der Waals surface area contributed by atoms with Gasteiger partial charge in [0.2, 0.25) is 0 Å². The van der Waals surface area contributed by atoms with Gasteiger partial charge in [-0.3, -0.25) is 9.78 Å². The van der Waals surface area contributed by atoms with Gasteiger partial charge in [-0.15, -0.1) is 0 Å². The predicted molar refractivity (Wildman–Crippen MR) is 44.8 cm³/mol. The van der Waals surface area contributed by atoms with Crippen LogP contribution < -0.4 is 0 Å². The molecule has 0 fully saturated rings. The second-order valence-corrected chi connectivity index (χ2v) is 2.57. The van der Waals surface area contributed by atoms with Gasteiger partial charge >= 0.3 is 0 Å². The number of nitrogens with zero attached hydrogens (tertiary/aromatic N) is 2. The van der Waals surface area contributed by atoms with E-state index in [0.717, 1.165) is 0 Å². The van der Waals surface area contributed by atoms with Crippen LogP contribution in [-0.4, -0.2) is 16.3 Å². The smallest absolute Gasteiger partial charge is 0.142 e. The standard InChI is InChI=1S/C7H5BrN2O/c8-7-5-9-6(4-10-7)2-1-3-11/h1-5H. The molecule has 3 nitrogen and oxygen atoms in total. The van der Waals surface area contributed by atoms with E-state index < -0.39 is 0 Å². The maximum absolute atomic E-state index is 9.90. The minimum absolute atomic E-state index is 0.667. The van der Waals surface area contributed by atoms with E-state index in [9.17, 15) is 4.79 Å². The Hall–Kier alpha value is -1.03. The third-order valence-electron chi connectivity index (χ3n) is 0.986. The van der Waals surface area contributed by atoms with Crippen LogP contribution in [0, 0.1) is 0 Å². The molecule has 0 unspecified atom stereocenters. The average Bonchev–Trinajstić information content (AvgIpc) is 2.04. The Bertz CT molecular complexity index is 268. The fourth-order valence-corrected chi connectivity index (χ4v) is 0.751. The molecule has 0 aliphatic rings. The zero-order valence-electron chi connectivity index (χ0n) is 5.57. The third kappa shape index (κ3) is 2.59. The molecule has 0 aliphatic carbocycles. The van der Waals surface area contributed by atoms with E-state index in [-0.39, 0.29) is 0 Å².